The second-order valence-corrected chi connectivity index (χ2v) is 5.77. The van der Waals surface area contributed by atoms with Gasteiger partial charge in [0, 0.05) is 5.57 Å². The van der Waals surface area contributed by atoms with E-state index in [0.717, 1.165) is 36.8 Å². The maximum Gasteiger partial charge on any atom is 0.252 e. The Bertz CT molecular complexity index is 315. The third-order valence-corrected chi connectivity index (χ3v) is 4.05. The van der Waals surface area contributed by atoms with Gasteiger partial charge in [-0.1, -0.05) is 64.6 Å². The third-order valence-electron chi connectivity index (χ3n) is 3.70. The van der Waals surface area contributed by atoms with Crippen LogP contribution in [-0.4, -0.2) is 10.9 Å². The molecule has 0 saturated carbocycles. The molecule has 1 heterocycles. The SMILES string of the molecule is CCCCCCC1=C(CCCCCC)C(=S)NC1=O. The first-order valence-corrected chi connectivity index (χ1v) is 8.19. The molecule has 0 bridgehead atoms. The lowest BCUT2D eigenvalue weighted by atomic mass is 9.99. The lowest BCUT2D eigenvalue weighted by molar-refractivity contribution is -0.115. The average molecular weight is 281 g/mol. The van der Waals surface area contributed by atoms with Crippen molar-refractivity contribution in [3.63, 3.8) is 0 Å². The minimum absolute atomic E-state index is 0.0620. The zero-order chi connectivity index (χ0) is 14.1. The predicted octanol–water partition coefficient (Wildman–Crippen LogP) is 4.68. The molecule has 0 unspecified atom stereocenters. The van der Waals surface area contributed by atoms with Crippen LogP contribution < -0.4 is 5.32 Å². The van der Waals surface area contributed by atoms with Gasteiger partial charge >= 0.3 is 0 Å². The summed E-state index contributed by atoms with van der Waals surface area (Å²) in [6, 6.07) is 0. The molecule has 108 valence electrons. The summed E-state index contributed by atoms with van der Waals surface area (Å²) in [5.41, 5.74) is 2.10. The van der Waals surface area contributed by atoms with Crippen LogP contribution >= 0.6 is 12.2 Å². The number of hydrogen-bond donors (Lipinski definition) is 1. The predicted molar refractivity (Wildman–Crippen MR) is 85.3 cm³/mol. The van der Waals surface area contributed by atoms with Crippen LogP contribution in [0.5, 0.6) is 0 Å². The summed E-state index contributed by atoms with van der Waals surface area (Å²) >= 11 is 5.28. The first-order chi connectivity index (χ1) is 9.20. The number of nitrogens with one attached hydrogen (secondary N) is 1. The number of rotatable bonds is 10. The molecule has 1 rings (SSSR count). The maximum atomic E-state index is 11.9. The van der Waals surface area contributed by atoms with Gasteiger partial charge in [-0.2, -0.15) is 0 Å². The number of unbranched alkanes of at least 4 members (excludes halogenated alkanes) is 6. The molecule has 2 nitrogen and oxygen atoms in total. The molecule has 0 aromatic carbocycles. The van der Waals surface area contributed by atoms with E-state index in [-0.39, 0.29) is 5.91 Å². The molecule has 0 radical (unpaired) electrons. The van der Waals surface area contributed by atoms with Gasteiger partial charge in [0.15, 0.2) is 0 Å². The van der Waals surface area contributed by atoms with E-state index in [4.69, 9.17) is 12.2 Å². The van der Waals surface area contributed by atoms with Gasteiger partial charge in [0.1, 0.15) is 4.99 Å². The average Bonchev–Trinajstić information content (AvgIpc) is 2.65. The highest BCUT2D eigenvalue weighted by Gasteiger charge is 2.25. The van der Waals surface area contributed by atoms with E-state index in [0.29, 0.717) is 4.99 Å². The third kappa shape index (κ3) is 5.43. The molecule has 0 aromatic rings. The summed E-state index contributed by atoms with van der Waals surface area (Å²) in [6.45, 7) is 4.42. The lowest BCUT2D eigenvalue weighted by Gasteiger charge is -2.05. The second-order valence-electron chi connectivity index (χ2n) is 5.36. The van der Waals surface area contributed by atoms with Crippen LogP contribution in [0.15, 0.2) is 11.1 Å². The molecule has 0 atom stereocenters. The maximum absolute atomic E-state index is 11.9. The van der Waals surface area contributed by atoms with E-state index in [1.54, 1.807) is 0 Å². The van der Waals surface area contributed by atoms with E-state index in [2.05, 4.69) is 19.2 Å². The van der Waals surface area contributed by atoms with Gasteiger partial charge in [-0.25, -0.2) is 0 Å². The largest absolute Gasteiger partial charge is 0.313 e. The smallest absolute Gasteiger partial charge is 0.252 e. The highest BCUT2D eigenvalue weighted by molar-refractivity contribution is 7.80. The summed E-state index contributed by atoms with van der Waals surface area (Å²) in [7, 11) is 0. The Kier molecular flexibility index (Phi) is 7.96. The fourth-order valence-corrected chi connectivity index (χ4v) is 2.83. The van der Waals surface area contributed by atoms with Crippen molar-refractivity contribution >= 4 is 23.1 Å². The Morgan fingerprint density at radius 3 is 1.89 bits per heavy atom. The number of carbonyl (C=O) groups is 1. The zero-order valence-electron chi connectivity index (χ0n) is 12.4. The molecular weight excluding hydrogens is 254 g/mol. The molecule has 0 fully saturated rings. The molecule has 0 saturated heterocycles. The summed E-state index contributed by atoms with van der Waals surface area (Å²) in [5, 5.41) is 2.82. The monoisotopic (exact) mass is 281 g/mol. The highest BCUT2D eigenvalue weighted by Crippen LogP contribution is 2.24. The Morgan fingerprint density at radius 2 is 1.37 bits per heavy atom. The van der Waals surface area contributed by atoms with Gasteiger partial charge < -0.3 is 5.32 Å². The lowest BCUT2D eigenvalue weighted by Crippen LogP contribution is -2.21. The van der Waals surface area contributed by atoms with Crippen molar-refractivity contribution in [2.75, 3.05) is 0 Å². The number of amides is 1. The van der Waals surface area contributed by atoms with Crippen molar-refractivity contribution in [2.24, 2.45) is 0 Å². The Labute approximate surface area is 123 Å². The topological polar surface area (TPSA) is 29.1 Å². The van der Waals surface area contributed by atoms with Crippen LogP contribution in [0.3, 0.4) is 0 Å². The first-order valence-electron chi connectivity index (χ1n) is 7.78. The molecule has 19 heavy (non-hydrogen) atoms. The zero-order valence-corrected chi connectivity index (χ0v) is 13.2. The van der Waals surface area contributed by atoms with Gasteiger partial charge in [-0.15, -0.1) is 0 Å². The number of hydrogen-bond acceptors (Lipinski definition) is 2. The Hall–Kier alpha value is -0.700. The van der Waals surface area contributed by atoms with Crippen LogP contribution in [0.4, 0.5) is 0 Å². The van der Waals surface area contributed by atoms with Gasteiger partial charge in [0.2, 0.25) is 0 Å². The fraction of sp³-hybridized carbons (Fsp3) is 0.750. The van der Waals surface area contributed by atoms with E-state index in [1.165, 1.54) is 38.5 Å². The van der Waals surface area contributed by atoms with E-state index in [1.807, 2.05) is 0 Å². The summed E-state index contributed by atoms with van der Waals surface area (Å²) < 4.78 is 0. The van der Waals surface area contributed by atoms with Crippen molar-refractivity contribution in [3.05, 3.63) is 11.1 Å². The van der Waals surface area contributed by atoms with Crippen LogP contribution in [0.25, 0.3) is 0 Å². The van der Waals surface area contributed by atoms with Crippen molar-refractivity contribution in [2.45, 2.75) is 78.1 Å². The fourth-order valence-electron chi connectivity index (χ4n) is 2.51. The number of carbonyl (C=O) groups excluding carboxylic acids is 1. The van der Waals surface area contributed by atoms with Crippen molar-refractivity contribution < 1.29 is 4.79 Å². The molecule has 1 amide bonds. The summed E-state index contributed by atoms with van der Waals surface area (Å²) in [4.78, 5) is 12.6. The molecule has 3 heteroatoms. The normalized spacial score (nSPS) is 15.3. The molecule has 0 aliphatic carbocycles. The molecule has 0 aromatic heterocycles. The standard InChI is InChI=1S/C16H27NOS/c1-3-5-7-9-11-13-14(12-10-8-6-4-2)16(19)17-15(13)18/h3-12H2,1-2H3,(H,17,18,19). The van der Waals surface area contributed by atoms with E-state index < -0.39 is 0 Å². The Morgan fingerprint density at radius 1 is 0.842 bits per heavy atom. The van der Waals surface area contributed by atoms with Gasteiger partial charge in [0.25, 0.3) is 5.91 Å². The Balaban J connectivity index is 2.49. The minimum Gasteiger partial charge on any atom is -0.313 e. The molecular formula is C16H27NOS. The van der Waals surface area contributed by atoms with Crippen LogP contribution in [0, 0.1) is 0 Å². The van der Waals surface area contributed by atoms with Crippen molar-refractivity contribution in [3.8, 4) is 0 Å². The van der Waals surface area contributed by atoms with Gasteiger partial charge in [0.05, 0.1) is 0 Å². The van der Waals surface area contributed by atoms with Crippen LogP contribution in [0.1, 0.15) is 78.1 Å². The van der Waals surface area contributed by atoms with E-state index >= 15 is 0 Å². The van der Waals surface area contributed by atoms with Crippen LogP contribution in [0.2, 0.25) is 0 Å². The second kappa shape index (κ2) is 9.24. The molecule has 1 aliphatic rings. The quantitative estimate of drug-likeness (QED) is 0.465. The molecule has 1 N–H and O–H groups in total. The summed E-state index contributed by atoms with van der Waals surface area (Å²) in [5.74, 6) is 0.0620. The van der Waals surface area contributed by atoms with Crippen molar-refractivity contribution in [1.29, 1.82) is 0 Å². The van der Waals surface area contributed by atoms with E-state index in [9.17, 15) is 4.79 Å². The van der Waals surface area contributed by atoms with Crippen molar-refractivity contribution in [1.82, 2.24) is 5.32 Å². The summed E-state index contributed by atoms with van der Waals surface area (Å²) in [6.07, 6.45) is 11.6. The number of thiocarbonyl (C=S) groups is 1. The molecule has 1 aliphatic heterocycles. The first kappa shape index (κ1) is 16.4. The van der Waals surface area contributed by atoms with Gasteiger partial charge in [-0.05, 0) is 31.3 Å². The minimum atomic E-state index is 0.0620. The van der Waals surface area contributed by atoms with Crippen LogP contribution in [-0.2, 0) is 4.79 Å². The van der Waals surface area contributed by atoms with Gasteiger partial charge in [-0.3, -0.25) is 4.79 Å². The highest BCUT2D eigenvalue weighted by atomic mass is 32.1. The molecule has 0 spiro atoms.